The van der Waals surface area contributed by atoms with Crippen LogP contribution in [0, 0.1) is 6.92 Å². The highest BCUT2D eigenvalue weighted by atomic mass is 79.9. The molecule has 0 spiro atoms. The lowest BCUT2D eigenvalue weighted by molar-refractivity contribution is 0.101. The van der Waals surface area contributed by atoms with Crippen molar-refractivity contribution in [3.63, 3.8) is 0 Å². The van der Waals surface area contributed by atoms with Gasteiger partial charge in [0.05, 0.1) is 12.2 Å². The van der Waals surface area contributed by atoms with Gasteiger partial charge in [0.25, 0.3) is 0 Å². The SMILES string of the molecule is CCOc1cc(C)c2c(c1)O/C(=C\c1ccc(Br)cc1)C2=O. The summed E-state index contributed by atoms with van der Waals surface area (Å²) in [6, 6.07) is 11.3. The average molecular weight is 359 g/mol. The fourth-order valence-electron chi connectivity index (χ4n) is 2.44. The molecule has 2 aromatic carbocycles. The van der Waals surface area contributed by atoms with Crippen molar-refractivity contribution >= 4 is 27.8 Å². The Morgan fingerprint density at radius 2 is 1.95 bits per heavy atom. The molecule has 22 heavy (non-hydrogen) atoms. The third-order valence-electron chi connectivity index (χ3n) is 3.42. The molecule has 0 N–H and O–H groups in total. The molecule has 0 atom stereocenters. The summed E-state index contributed by atoms with van der Waals surface area (Å²) in [5, 5.41) is 0. The molecule has 0 saturated heterocycles. The van der Waals surface area contributed by atoms with Crippen LogP contribution in [0.25, 0.3) is 6.08 Å². The first-order valence-electron chi connectivity index (χ1n) is 7.05. The van der Waals surface area contributed by atoms with Crippen molar-refractivity contribution in [2.45, 2.75) is 13.8 Å². The second-order valence-electron chi connectivity index (χ2n) is 5.04. The van der Waals surface area contributed by atoms with Crippen LogP contribution in [0.4, 0.5) is 0 Å². The number of allylic oxidation sites excluding steroid dienone is 1. The maximum atomic E-state index is 12.5. The van der Waals surface area contributed by atoms with Crippen molar-refractivity contribution in [2.75, 3.05) is 6.61 Å². The van der Waals surface area contributed by atoms with Crippen LogP contribution >= 0.6 is 15.9 Å². The molecule has 0 aromatic heterocycles. The average Bonchev–Trinajstić information content (AvgIpc) is 2.78. The van der Waals surface area contributed by atoms with Gasteiger partial charge in [0, 0.05) is 10.5 Å². The van der Waals surface area contributed by atoms with Crippen LogP contribution in [-0.2, 0) is 0 Å². The first kappa shape index (κ1) is 14.9. The third-order valence-corrected chi connectivity index (χ3v) is 3.95. The van der Waals surface area contributed by atoms with Crippen LogP contribution in [0.3, 0.4) is 0 Å². The van der Waals surface area contributed by atoms with Gasteiger partial charge in [-0.25, -0.2) is 0 Å². The smallest absolute Gasteiger partial charge is 0.232 e. The second-order valence-corrected chi connectivity index (χ2v) is 5.95. The van der Waals surface area contributed by atoms with E-state index in [2.05, 4.69) is 15.9 Å². The van der Waals surface area contributed by atoms with Crippen molar-refractivity contribution in [3.05, 3.63) is 63.3 Å². The van der Waals surface area contributed by atoms with Crippen molar-refractivity contribution in [1.29, 1.82) is 0 Å². The van der Waals surface area contributed by atoms with Gasteiger partial charge in [-0.3, -0.25) is 4.79 Å². The third kappa shape index (κ3) is 2.79. The van der Waals surface area contributed by atoms with E-state index in [1.54, 1.807) is 12.1 Å². The molecule has 3 rings (SSSR count). The van der Waals surface area contributed by atoms with Crippen molar-refractivity contribution in [2.24, 2.45) is 0 Å². The summed E-state index contributed by atoms with van der Waals surface area (Å²) >= 11 is 3.39. The van der Waals surface area contributed by atoms with E-state index in [1.165, 1.54) is 0 Å². The molecule has 0 saturated carbocycles. The van der Waals surface area contributed by atoms with E-state index in [0.717, 1.165) is 21.3 Å². The molecule has 0 amide bonds. The number of halogens is 1. The predicted octanol–water partition coefficient (Wildman–Crippen LogP) is 4.77. The van der Waals surface area contributed by atoms with Crippen LogP contribution in [-0.4, -0.2) is 12.4 Å². The minimum Gasteiger partial charge on any atom is -0.494 e. The maximum Gasteiger partial charge on any atom is 0.232 e. The van der Waals surface area contributed by atoms with E-state index < -0.39 is 0 Å². The Morgan fingerprint density at radius 1 is 1.23 bits per heavy atom. The minimum absolute atomic E-state index is 0.0848. The van der Waals surface area contributed by atoms with Gasteiger partial charge >= 0.3 is 0 Å². The number of carbonyl (C=O) groups excluding carboxylic acids is 1. The molecule has 112 valence electrons. The van der Waals surface area contributed by atoms with E-state index in [4.69, 9.17) is 9.47 Å². The standard InChI is InChI=1S/C18H15BrO3/c1-3-21-14-8-11(2)17-15(10-14)22-16(18(17)20)9-12-4-6-13(19)7-5-12/h4-10H,3H2,1-2H3/b16-9-. The zero-order valence-electron chi connectivity index (χ0n) is 12.4. The Labute approximate surface area is 137 Å². The highest BCUT2D eigenvalue weighted by molar-refractivity contribution is 9.10. The second kappa shape index (κ2) is 5.97. The minimum atomic E-state index is -0.0848. The van der Waals surface area contributed by atoms with Crippen molar-refractivity contribution < 1.29 is 14.3 Å². The molecule has 0 fully saturated rings. The van der Waals surface area contributed by atoms with Crippen molar-refractivity contribution in [3.8, 4) is 11.5 Å². The molecule has 1 aliphatic rings. The Hall–Kier alpha value is -2.07. The largest absolute Gasteiger partial charge is 0.494 e. The van der Waals surface area contributed by atoms with Crippen LogP contribution in [0.1, 0.15) is 28.4 Å². The summed E-state index contributed by atoms with van der Waals surface area (Å²) in [6.07, 6.45) is 1.76. The van der Waals surface area contributed by atoms with Gasteiger partial charge in [-0.05, 0) is 49.2 Å². The predicted molar refractivity (Wildman–Crippen MR) is 89.4 cm³/mol. The van der Waals surface area contributed by atoms with E-state index in [9.17, 15) is 4.79 Å². The molecule has 0 aliphatic carbocycles. The molecule has 0 bridgehead atoms. The highest BCUT2D eigenvalue weighted by Gasteiger charge is 2.29. The summed E-state index contributed by atoms with van der Waals surface area (Å²) < 4.78 is 12.2. The number of rotatable bonds is 3. The normalized spacial score (nSPS) is 14.9. The fourth-order valence-corrected chi connectivity index (χ4v) is 2.70. The monoisotopic (exact) mass is 358 g/mol. The Balaban J connectivity index is 1.96. The lowest BCUT2D eigenvalue weighted by Gasteiger charge is -2.06. The highest BCUT2D eigenvalue weighted by Crippen LogP contribution is 2.37. The molecule has 1 heterocycles. The molecule has 0 radical (unpaired) electrons. The maximum absolute atomic E-state index is 12.5. The topological polar surface area (TPSA) is 35.5 Å². The van der Waals surface area contributed by atoms with Crippen LogP contribution in [0.5, 0.6) is 11.5 Å². The van der Waals surface area contributed by atoms with Crippen LogP contribution in [0.2, 0.25) is 0 Å². The van der Waals surface area contributed by atoms with E-state index >= 15 is 0 Å². The van der Waals surface area contributed by atoms with Gasteiger partial charge in [-0.2, -0.15) is 0 Å². The summed E-state index contributed by atoms with van der Waals surface area (Å²) in [5.74, 6) is 1.54. The quantitative estimate of drug-likeness (QED) is 0.741. The van der Waals surface area contributed by atoms with Crippen molar-refractivity contribution in [1.82, 2.24) is 0 Å². The number of benzene rings is 2. The fraction of sp³-hybridized carbons (Fsp3) is 0.167. The zero-order valence-corrected chi connectivity index (χ0v) is 13.9. The van der Waals surface area contributed by atoms with E-state index in [0.29, 0.717) is 23.7 Å². The summed E-state index contributed by atoms with van der Waals surface area (Å²) in [6.45, 7) is 4.40. The Kier molecular flexibility index (Phi) is 4.03. The van der Waals surface area contributed by atoms with Gasteiger partial charge < -0.3 is 9.47 Å². The van der Waals surface area contributed by atoms with Gasteiger partial charge in [0.2, 0.25) is 5.78 Å². The number of hydrogen-bond acceptors (Lipinski definition) is 3. The summed E-state index contributed by atoms with van der Waals surface area (Å²) in [4.78, 5) is 12.5. The lowest BCUT2D eigenvalue weighted by Crippen LogP contribution is -1.99. The molecule has 3 nitrogen and oxygen atoms in total. The summed E-state index contributed by atoms with van der Waals surface area (Å²) in [7, 11) is 0. The Morgan fingerprint density at radius 3 is 2.64 bits per heavy atom. The van der Waals surface area contributed by atoms with Crippen LogP contribution in [0.15, 0.2) is 46.6 Å². The van der Waals surface area contributed by atoms with Gasteiger partial charge in [0.1, 0.15) is 11.5 Å². The number of carbonyl (C=O) groups is 1. The van der Waals surface area contributed by atoms with E-state index in [-0.39, 0.29) is 5.78 Å². The zero-order chi connectivity index (χ0) is 15.7. The van der Waals surface area contributed by atoms with Gasteiger partial charge in [-0.1, -0.05) is 28.1 Å². The number of aryl methyl sites for hydroxylation is 1. The molecule has 0 unspecified atom stereocenters. The molecule has 4 heteroatoms. The number of hydrogen-bond donors (Lipinski definition) is 0. The Bertz CT molecular complexity index is 761. The number of Topliss-reactive ketones (excluding diaryl/α,β-unsaturated/α-hetero) is 1. The molecular formula is C18H15BrO3. The first-order chi connectivity index (χ1) is 10.6. The van der Waals surface area contributed by atoms with Crippen LogP contribution < -0.4 is 9.47 Å². The van der Waals surface area contributed by atoms with Gasteiger partial charge in [-0.15, -0.1) is 0 Å². The first-order valence-corrected chi connectivity index (χ1v) is 7.85. The molecule has 2 aromatic rings. The number of fused-ring (bicyclic) bond motifs is 1. The number of ketones is 1. The lowest BCUT2D eigenvalue weighted by atomic mass is 10.0. The van der Waals surface area contributed by atoms with E-state index in [1.807, 2.05) is 44.2 Å². The van der Waals surface area contributed by atoms with Gasteiger partial charge in [0.15, 0.2) is 5.76 Å². The molecule has 1 aliphatic heterocycles. The molecular weight excluding hydrogens is 344 g/mol. The summed E-state index contributed by atoms with van der Waals surface area (Å²) in [5.41, 5.74) is 2.40. The number of ether oxygens (including phenoxy) is 2.